The molecule has 1 aromatic heterocycles. The summed E-state index contributed by atoms with van der Waals surface area (Å²) < 4.78 is 5.89. The van der Waals surface area contributed by atoms with E-state index in [2.05, 4.69) is 137 Å². The first kappa shape index (κ1) is 29.9. The fraction of sp³-hybridized carbons (Fsp3) is 0.190. The molecule has 6 aromatic rings. The molecule has 1 heterocycles. The van der Waals surface area contributed by atoms with E-state index >= 15 is 0 Å². The van der Waals surface area contributed by atoms with Crippen LogP contribution < -0.4 is 10.6 Å². The Bertz CT molecular complexity index is 1980. The Morgan fingerprint density at radius 2 is 1.21 bits per heavy atom. The summed E-state index contributed by atoms with van der Waals surface area (Å²) in [6.45, 7) is 19.0. The third kappa shape index (κ3) is 5.60. The number of aryl methyl sites for hydroxylation is 2. The van der Waals surface area contributed by atoms with Gasteiger partial charge < -0.3 is 4.42 Å². The molecule has 1 aliphatic carbocycles. The Labute approximate surface area is 256 Å². The first-order valence-corrected chi connectivity index (χ1v) is 15.3. The number of benzene rings is 5. The van der Waals surface area contributed by atoms with E-state index < -0.39 is 0 Å². The first-order valence-electron chi connectivity index (χ1n) is 15.3. The lowest BCUT2D eigenvalue weighted by Gasteiger charge is -2.21. The van der Waals surface area contributed by atoms with Gasteiger partial charge in [-0.05, 0) is 83.5 Å². The van der Waals surface area contributed by atoms with Crippen LogP contribution in [0.4, 0.5) is 0 Å². The summed E-state index contributed by atoms with van der Waals surface area (Å²) in [5, 5.41) is 2.02. The lowest BCUT2D eigenvalue weighted by Crippen LogP contribution is -2.16. The Kier molecular flexibility index (Phi) is 8.55. The maximum Gasteiger partial charge on any atom is 0.135 e. The van der Waals surface area contributed by atoms with Crippen LogP contribution in [0.3, 0.4) is 0 Å². The van der Waals surface area contributed by atoms with Gasteiger partial charge in [0.2, 0.25) is 0 Å². The maximum atomic E-state index is 5.89. The van der Waals surface area contributed by atoms with Crippen LogP contribution in [-0.2, 0) is 5.41 Å². The van der Waals surface area contributed by atoms with E-state index in [4.69, 9.17) is 4.42 Å². The Hall–Kier alpha value is -4.62. The summed E-state index contributed by atoms with van der Waals surface area (Å²) in [5.41, 5.74) is 14.9. The average Bonchev–Trinajstić information content (AvgIpc) is 3.48. The van der Waals surface area contributed by atoms with Crippen molar-refractivity contribution in [1.29, 1.82) is 0 Å². The summed E-state index contributed by atoms with van der Waals surface area (Å²) in [6.07, 6.45) is 1.97. The molecule has 5 aromatic carbocycles. The predicted molar refractivity (Wildman–Crippen MR) is 187 cm³/mol. The molecule has 1 nitrogen and oxygen atoms in total. The van der Waals surface area contributed by atoms with Crippen LogP contribution in [0.25, 0.3) is 57.0 Å². The van der Waals surface area contributed by atoms with Crippen molar-refractivity contribution in [2.45, 2.75) is 53.9 Å². The Morgan fingerprint density at radius 1 is 0.628 bits per heavy atom. The van der Waals surface area contributed by atoms with Crippen molar-refractivity contribution in [1.82, 2.24) is 0 Å². The van der Waals surface area contributed by atoms with E-state index in [0.29, 0.717) is 0 Å². The van der Waals surface area contributed by atoms with Gasteiger partial charge in [0.05, 0.1) is 0 Å². The van der Waals surface area contributed by atoms with Crippen LogP contribution in [0.1, 0.15) is 56.9 Å². The first-order chi connectivity index (χ1) is 20.8. The largest absolute Gasteiger partial charge is 0.456 e. The second kappa shape index (κ2) is 12.3. The highest BCUT2D eigenvalue weighted by Gasteiger charge is 2.36. The summed E-state index contributed by atoms with van der Waals surface area (Å²) in [4.78, 5) is 0. The monoisotopic (exact) mass is 562 g/mol. The number of hydrogen-bond donors (Lipinski definition) is 0. The molecular formula is C42H42O. The van der Waals surface area contributed by atoms with Crippen LogP contribution >= 0.6 is 0 Å². The minimum absolute atomic E-state index is 0.0164. The molecule has 1 heteroatoms. The zero-order valence-corrected chi connectivity index (χ0v) is 26.6. The van der Waals surface area contributed by atoms with Gasteiger partial charge in [0.1, 0.15) is 11.0 Å². The highest BCUT2D eigenvalue weighted by atomic mass is 16.3. The molecule has 7 rings (SSSR count). The standard InChI is InChI=1S/C32H26O.C8H10.C2H6/c1-5-29-20(2)26-19-23(17-18-30(26)33-29)21-13-15-22(16-14-21)24-10-8-12-28-31(24)25-9-6-7-11-27(25)32(28,3)4;1-7-4-3-5-8(2)6-7;1-2/h5-19H,2H2,1,3-4H3;3-6H,1-2H3;1-2H3/b29-5+;;. The number of furan rings is 1. The van der Waals surface area contributed by atoms with E-state index in [-0.39, 0.29) is 5.41 Å². The lowest BCUT2D eigenvalue weighted by atomic mass is 9.82. The second-order valence-corrected chi connectivity index (χ2v) is 11.6. The van der Waals surface area contributed by atoms with Crippen molar-refractivity contribution in [3.63, 3.8) is 0 Å². The van der Waals surface area contributed by atoms with Crippen molar-refractivity contribution < 1.29 is 4.42 Å². The van der Waals surface area contributed by atoms with E-state index in [9.17, 15) is 0 Å². The van der Waals surface area contributed by atoms with Gasteiger partial charge in [-0.25, -0.2) is 0 Å². The van der Waals surface area contributed by atoms with Crippen LogP contribution in [0.5, 0.6) is 0 Å². The number of fused-ring (bicyclic) bond motifs is 4. The van der Waals surface area contributed by atoms with Gasteiger partial charge in [0, 0.05) is 16.0 Å². The molecule has 0 spiro atoms. The SMILES string of the molecule is C=c1/c(=C\C)oc2ccc(-c3ccc(-c4cccc5c4-c4ccccc4C5(C)C)cc3)cc12.CC.Cc1cccc(C)c1. The van der Waals surface area contributed by atoms with Gasteiger partial charge in [0.15, 0.2) is 0 Å². The van der Waals surface area contributed by atoms with Crippen LogP contribution in [0.2, 0.25) is 0 Å². The smallest absolute Gasteiger partial charge is 0.135 e. The zero-order chi connectivity index (χ0) is 30.7. The van der Waals surface area contributed by atoms with Gasteiger partial charge in [-0.15, -0.1) is 0 Å². The molecule has 0 saturated carbocycles. The maximum absolute atomic E-state index is 5.89. The van der Waals surface area contributed by atoms with Crippen molar-refractivity contribution in [2.24, 2.45) is 0 Å². The molecular weight excluding hydrogens is 520 g/mol. The van der Waals surface area contributed by atoms with Gasteiger partial charge in [-0.2, -0.15) is 0 Å². The molecule has 0 radical (unpaired) electrons. The fourth-order valence-electron chi connectivity index (χ4n) is 6.22. The normalized spacial score (nSPS) is 13.0. The molecule has 0 fully saturated rings. The summed E-state index contributed by atoms with van der Waals surface area (Å²) in [6, 6.07) is 39.3. The van der Waals surface area contributed by atoms with Gasteiger partial charge in [-0.3, -0.25) is 0 Å². The van der Waals surface area contributed by atoms with E-state index in [1.165, 1.54) is 55.6 Å². The molecule has 43 heavy (non-hydrogen) atoms. The minimum atomic E-state index is 0.0164. The van der Waals surface area contributed by atoms with Crippen LogP contribution in [0, 0.1) is 13.8 Å². The third-order valence-electron chi connectivity index (χ3n) is 8.39. The van der Waals surface area contributed by atoms with Crippen LogP contribution in [0.15, 0.2) is 114 Å². The van der Waals surface area contributed by atoms with Gasteiger partial charge in [0.25, 0.3) is 0 Å². The van der Waals surface area contributed by atoms with Gasteiger partial charge >= 0.3 is 0 Å². The minimum Gasteiger partial charge on any atom is -0.456 e. The van der Waals surface area contributed by atoms with Crippen molar-refractivity contribution in [3.8, 4) is 33.4 Å². The quantitative estimate of drug-likeness (QED) is 0.205. The topological polar surface area (TPSA) is 13.1 Å². The van der Waals surface area contributed by atoms with Crippen molar-refractivity contribution in [3.05, 3.63) is 142 Å². The molecule has 0 saturated heterocycles. The van der Waals surface area contributed by atoms with E-state index in [1.54, 1.807) is 0 Å². The fourth-order valence-corrected chi connectivity index (χ4v) is 6.22. The molecule has 0 unspecified atom stereocenters. The predicted octanol–water partition coefficient (Wildman–Crippen LogP) is 10.6. The Balaban J connectivity index is 0.000000317. The van der Waals surface area contributed by atoms with Gasteiger partial charge in [-0.1, -0.05) is 142 Å². The summed E-state index contributed by atoms with van der Waals surface area (Å²) in [7, 11) is 0. The molecule has 0 aliphatic heterocycles. The van der Waals surface area contributed by atoms with Crippen molar-refractivity contribution >= 4 is 23.6 Å². The van der Waals surface area contributed by atoms with Crippen LogP contribution in [-0.4, -0.2) is 0 Å². The zero-order valence-electron chi connectivity index (χ0n) is 26.6. The number of rotatable bonds is 2. The Morgan fingerprint density at radius 3 is 1.86 bits per heavy atom. The molecule has 0 atom stereocenters. The number of hydrogen-bond acceptors (Lipinski definition) is 1. The van der Waals surface area contributed by atoms with E-state index in [0.717, 1.165) is 21.6 Å². The molecule has 0 bridgehead atoms. The third-order valence-corrected chi connectivity index (χ3v) is 8.39. The molecule has 0 N–H and O–H groups in total. The molecule has 0 amide bonds. The van der Waals surface area contributed by atoms with E-state index in [1.807, 2.05) is 32.9 Å². The highest BCUT2D eigenvalue weighted by molar-refractivity contribution is 5.93. The summed E-state index contributed by atoms with van der Waals surface area (Å²) in [5.74, 6) is 0. The average molecular weight is 563 g/mol. The van der Waals surface area contributed by atoms with Crippen molar-refractivity contribution in [2.75, 3.05) is 0 Å². The lowest BCUT2D eigenvalue weighted by molar-refractivity contribution is 0.575. The summed E-state index contributed by atoms with van der Waals surface area (Å²) >= 11 is 0. The molecule has 1 aliphatic rings. The highest BCUT2D eigenvalue weighted by Crippen LogP contribution is 2.51. The molecule has 216 valence electrons. The second-order valence-electron chi connectivity index (χ2n) is 11.6.